The third-order valence-electron chi connectivity index (χ3n) is 3.83. The maximum Gasteiger partial charge on any atom is 0.0952 e. The molecular formula is C18H25NO2. The van der Waals surface area contributed by atoms with Crippen molar-refractivity contribution >= 4 is 10.8 Å². The Bertz CT molecular complexity index is 582. The van der Waals surface area contributed by atoms with Crippen molar-refractivity contribution in [2.24, 2.45) is 11.7 Å². The summed E-state index contributed by atoms with van der Waals surface area (Å²) in [5, 5.41) is 22.5. The molecule has 0 aromatic heterocycles. The van der Waals surface area contributed by atoms with Crippen LogP contribution in [-0.4, -0.2) is 28.5 Å². The van der Waals surface area contributed by atoms with Gasteiger partial charge in [0.05, 0.1) is 12.2 Å². The van der Waals surface area contributed by atoms with E-state index in [0.29, 0.717) is 18.8 Å². The molecular weight excluding hydrogens is 262 g/mol. The topological polar surface area (TPSA) is 66.5 Å². The van der Waals surface area contributed by atoms with Crippen LogP contribution in [0.4, 0.5) is 0 Å². The average molecular weight is 287 g/mol. The molecule has 0 aliphatic heterocycles. The highest BCUT2D eigenvalue weighted by atomic mass is 16.3. The minimum atomic E-state index is -0.890. The molecule has 114 valence electrons. The highest BCUT2D eigenvalue weighted by Gasteiger charge is 2.24. The molecule has 3 heteroatoms. The molecule has 0 unspecified atom stereocenters. The molecule has 3 atom stereocenters. The van der Waals surface area contributed by atoms with E-state index in [4.69, 9.17) is 5.73 Å². The lowest BCUT2D eigenvalue weighted by Crippen LogP contribution is -2.44. The average Bonchev–Trinajstić information content (AvgIpc) is 2.45. The fourth-order valence-corrected chi connectivity index (χ4v) is 2.67. The Kier molecular flexibility index (Phi) is 5.34. The van der Waals surface area contributed by atoms with E-state index >= 15 is 0 Å². The molecule has 0 saturated heterocycles. The molecule has 0 fully saturated rings. The van der Waals surface area contributed by atoms with E-state index in [9.17, 15) is 10.2 Å². The number of fused-ring (bicyclic) bond motifs is 1. The number of hydrogen-bond acceptors (Lipinski definition) is 3. The first kappa shape index (κ1) is 16.0. The van der Waals surface area contributed by atoms with Crippen molar-refractivity contribution in [1.82, 2.24) is 0 Å². The minimum Gasteiger partial charge on any atom is -0.390 e. The lowest BCUT2D eigenvalue weighted by atomic mass is 9.93. The zero-order chi connectivity index (χ0) is 15.4. The summed E-state index contributed by atoms with van der Waals surface area (Å²) in [6, 6.07) is 13.9. The molecule has 0 aliphatic rings. The fraction of sp³-hybridized carbons (Fsp3) is 0.444. The second kappa shape index (κ2) is 7.03. The summed E-state index contributed by atoms with van der Waals surface area (Å²) < 4.78 is 0. The summed E-state index contributed by atoms with van der Waals surface area (Å²) in [4.78, 5) is 0. The van der Waals surface area contributed by atoms with Crippen LogP contribution >= 0.6 is 0 Å². The lowest BCUT2D eigenvalue weighted by Gasteiger charge is -2.25. The van der Waals surface area contributed by atoms with Crippen molar-refractivity contribution in [1.29, 1.82) is 0 Å². The van der Waals surface area contributed by atoms with E-state index in [1.165, 1.54) is 10.8 Å². The van der Waals surface area contributed by atoms with Crippen molar-refractivity contribution in [3.05, 3.63) is 48.0 Å². The van der Waals surface area contributed by atoms with E-state index < -0.39 is 18.2 Å². The van der Waals surface area contributed by atoms with E-state index in [2.05, 4.69) is 24.3 Å². The molecule has 0 bridgehead atoms. The van der Waals surface area contributed by atoms with Crippen LogP contribution in [-0.2, 0) is 6.42 Å². The van der Waals surface area contributed by atoms with Gasteiger partial charge in [-0.05, 0) is 35.1 Å². The van der Waals surface area contributed by atoms with Gasteiger partial charge in [0, 0.05) is 6.04 Å². The zero-order valence-electron chi connectivity index (χ0n) is 12.7. The second-order valence-electron chi connectivity index (χ2n) is 6.24. The van der Waals surface area contributed by atoms with Gasteiger partial charge in [0.2, 0.25) is 0 Å². The predicted octanol–water partition coefficient (Wildman–Crippen LogP) is 2.48. The number of aliphatic hydroxyl groups is 2. The summed E-state index contributed by atoms with van der Waals surface area (Å²) in [6.07, 6.45) is -0.535. The number of rotatable bonds is 6. The Morgan fingerprint density at radius 1 is 1.00 bits per heavy atom. The van der Waals surface area contributed by atoms with Gasteiger partial charge >= 0.3 is 0 Å². The standard InChI is InChI=1S/C18H25NO2/c1-12(2)9-17(20)18(21)16(19)11-13-7-8-14-5-3-4-6-15(14)10-13/h3-8,10,12,16-18,20-21H,9,11,19H2,1-2H3/t16-,17-,18+/m0/s1. The second-order valence-corrected chi connectivity index (χ2v) is 6.24. The molecule has 0 amide bonds. The van der Waals surface area contributed by atoms with Gasteiger partial charge in [-0.1, -0.05) is 56.3 Å². The Labute approximate surface area is 126 Å². The molecule has 0 aliphatic carbocycles. The first-order valence-electron chi connectivity index (χ1n) is 7.56. The van der Waals surface area contributed by atoms with Crippen LogP contribution < -0.4 is 5.73 Å². The molecule has 2 aromatic carbocycles. The van der Waals surface area contributed by atoms with Crippen LogP contribution in [0.15, 0.2) is 42.5 Å². The smallest absolute Gasteiger partial charge is 0.0952 e. The van der Waals surface area contributed by atoms with Crippen LogP contribution in [0.25, 0.3) is 10.8 Å². The van der Waals surface area contributed by atoms with E-state index in [1.54, 1.807) is 0 Å². The lowest BCUT2D eigenvalue weighted by molar-refractivity contribution is -0.00653. The quantitative estimate of drug-likeness (QED) is 0.764. The summed E-state index contributed by atoms with van der Waals surface area (Å²) in [5.41, 5.74) is 7.14. The minimum absolute atomic E-state index is 0.336. The molecule has 0 heterocycles. The van der Waals surface area contributed by atoms with Crippen molar-refractivity contribution in [3.8, 4) is 0 Å². The van der Waals surface area contributed by atoms with E-state index in [1.807, 2.05) is 32.0 Å². The number of benzene rings is 2. The maximum atomic E-state index is 10.1. The van der Waals surface area contributed by atoms with E-state index in [0.717, 1.165) is 5.56 Å². The monoisotopic (exact) mass is 287 g/mol. The van der Waals surface area contributed by atoms with Crippen molar-refractivity contribution in [2.75, 3.05) is 0 Å². The molecule has 2 rings (SSSR count). The largest absolute Gasteiger partial charge is 0.390 e. The molecule has 0 spiro atoms. The van der Waals surface area contributed by atoms with Gasteiger partial charge in [-0.25, -0.2) is 0 Å². The molecule has 4 N–H and O–H groups in total. The summed E-state index contributed by atoms with van der Waals surface area (Å²) >= 11 is 0. The summed E-state index contributed by atoms with van der Waals surface area (Å²) in [7, 11) is 0. The Balaban J connectivity index is 2.04. The Hall–Kier alpha value is -1.42. The summed E-state index contributed by atoms with van der Waals surface area (Å²) in [6.45, 7) is 4.04. The van der Waals surface area contributed by atoms with E-state index in [-0.39, 0.29) is 0 Å². The Morgan fingerprint density at radius 2 is 1.67 bits per heavy atom. The molecule has 21 heavy (non-hydrogen) atoms. The van der Waals surface area contributed by atoms with Gasteiger partial charge in [0.15, 0.2) is 0 Å². The first-order valence-corrected chi connectivity index (χ1v) is 7.56. The number of hydrogen-bond donors (Lipinski definition) is 3. The first-order chi connectivity index (χ1) is 9.97. The Morgan fingerprint density at radius 3 is 2.33 bits per heavy atom. The molecule has 2 aromatic rings. The normalized spacial score (nSPS) is 16.1. The van der Waals surface area contributed by atoms with Gasteiger partial charge in [0.1, 0.15) is 0 Å². The van der Waals surface area contributed by atoms with Crippen LogP contribution in [0.1, 0.15) is 25.8 Å². The third-order valence-corrected chi connectivity index (χ3v) is 3.83. The van der Waals surface area contributed by atoms with Gasteiger partial charge < -0.3 is 15.9 Å². The zero-order valence-corrected chi connectivity index (χ0v) is 12.7. The third kappa shape index (κ3) is 4.27. The number of aliphatic hydroxyl groups excluding tert-OH is 2. The number of nitrogens with two attached hydrogens (primary N) is 1. The van der Waals surface area contributed by atoms with Crippen LogP contribution in [0.2, 0.25) is 0 Å². The predicted molar refractivity (Wildman–Crippen MR) is 87.1 cm³/mol. The van der Waals surface area contributed by atoms with Gasteiger partial charge in [-0.3, -0.25) is 0 Å². The molecule has 0 saturated carbocycles. The fourth-order valence-electron chi connectivity index (χ4n) is 2.67. The van der Waals surface area contributed by atoms with Gasteiger partial charge in [0.25, 0.3) is 0 Å². The van der Waals surface area contributed by atoms with Gasteiger partial charge in [-0.2, -0.15) is 0 Å². The van der Waals surface area contributed by atoms with Crippen molar-refractivity contribution in [2.45, 2.75) is 44.9 Å². The maximum absolute atomic E-state index is 10.1. The van der Waals surface area contributed by atoms with Crippen molar-refractivity contribution in [3.63, 3.8) is 0 Å². The highest BCUT2D eigenvalue weighted by molar-refractivity contribution is 5.82. The molecule has 3 nitrogen and oxygen atoms in total. The van der Waals surface area contributed by atoms with Crippen LogP contribution in [0.5, 0.6) is 0 Å². The summed E-state index contributed by atoms with van der Waals surface area (Å²) in [5.74, 6) is 0.336. The molecule has 0 radical (unpaired) electrons. The van der Waals surface area contributed by atoms with Crippen molar-refractivity contribution < 1.29 is 10.2 Å². The van der Waals surface area contributed by atoms with Crippen LogP contribution in [0.3, 0.4) is 0 Å². The SMILES string of the molecule is CC(C)C[C@H](O)[C@H](O)[C@@H](N)Cc1ccc2ccccc2c1. The van der Waals surface area contributed by atoms with Gasteiger partial charge in [-0.15, -0.1) is 0 Å². The van der Waals surface area contributed by atoms with Crippen LogP contribution in [0, 0.1) is 5.92 Å². The highest BCUT2D eigenvalue weighted by Crippen LogP contribution is 2.18.